The summed E-state index contributed by atoms with van der Waals surface area (Å²) in [4.78, 5) is 19.6. The second-order valence-corrected chi connectivity index (χ2v) is 3.52. The molecular formula is C11H10N6. The SMILES string of the molecule is c1ccc(CNc2nc3ncncc3[nH]2)nc1. The van der Waals surface area contributed by atoms with Gasteiger partial charge in [0, 0.05) is 6.20 Å². The van der Waals surface area contributed by atoms with Gasteiger partial charge in [0.2, 0.25) is 5.95 Å². The van der Waals surface area contributed by atoms with Crippen LogP contribution in [0, 0.1) is 0 Å². The third-order valence-electron chi connectivity index (χ3n) is 2.33. The van der Waals surface area contributed by atoms with E-state index in [-0.39, 0.29) is 0 Å². The molecule has 0 fully saturated rings. The van der Waals surface area contributed by atoms with Gasteiger partial charge >= 0.3 is 0 Å². The quantitative estimate of drug-likeness (QED) is 0.705. The number of nitrogens with one attached hydrogen (secondary N) is 2. The van der Waals surface area contributed by atoms with E-state index in [9.17, 15) is 0 Å². The fourth-order valence-electron chi connectivity index (χ4n) is 1.52. The van der Waals surface area contributed by atoms with E-state index in [0.717, 1.165) is 11.2 Å². The molecule has 0 aliphatic heterocycles. The number of aromatic nitrogens is 5. The van der Waals surface area contributed by atoms with Gasteiger partial charge < -0.3 is 10.3 Å². The summed E-state index contributed by atoms with van der Waals surface area (Å²) in [7, 11) is 0. The van der Waals surface area contributed by atoms with Crippen LogP contribution >= 0.6 is 0 Å². The van der Waals surface area contributed by atoms with Crippen LogP contribution in [0.4, 0.5) is 5.95 Å². The predicted octanol–water partition coefficient (Wildman–Crippen LogP) is 1.36. The Kier molecular flexibility index (Phi) is 2.38. The number of imidazole rings is 1. The van der Waals surface area contributed by atoms with Crippen LogP contribution in [0.15, 0.2) is 36.9 Å². The normalized spacial score (nSPS) is 10.6. The summed E-state index contributed by atoms with van der Waals surface area (Å²) in [5.41, 5.74) is 2.43. The van der Waals surface area contributed by atoms with Crippen LogP contribution in [0.5, 0.6) is 0 Å². The Bertz CT molecular complexity index is 585. The highest BCUT2D eigenvalue weighted by atomic mass is 15.1. The van der Waals surface area contributed by atoms with E-state index < -0.39 is 0 Å². The Morgan fingerprint density at radius 3 is 3.06 bits per heavy atom. The minimum absolute atomic E-state index is 0.619. The smallest absolute Gasteiger partial charge is 0.203 e. The summed E-state index contributed by atoms with van der Waals surface area (Å²) >= 11 is 0. The monoisotopic (exact) mass is 226 g/mol. The van der Waals surface area contributed by atoms with Crippen molar-refractivity contribution in [2.45, 2.75) is 6.54 Å². The van der Waals surface area contributed by atoms with Gasteiger partial charge in [0.15, 0.2) is 5.65 Å². The molecule has 17 heavy (non-hydrogen) atoms. The Balaban J connectivity index is 1.77. The van der Waals surface area contributed by atoms with Crippen LogP contribution in [0.2, 0.25) is 0 Å². The van der Waals surface area contributed by atoms with Crippen LogP contribution < -0.4 is 5.32 Å². The molecule has 0 bridgehead atoms. The highest BCUT2D eigenvalue weighted by molar-refractivity contribution is 5.71. The van der Waals surface area contributed by atoms with Gasteiger partial charge in [0.1, 0.15) is 11.8 Å². The molecule has 0 unspecified atom stereocenters. The number of aromatic amines is 1. The molecule has 2 N–H and O–H groups in total. The van der Waals surface area contributed by atoms with Crippen molar-refractivity contribution in [3.05, 3.63) is 42.6 Å². The molecule has 0 radical (unpaired) electrons. The molecule has 0 aromatic carbocycles. The average Bonchev–Trinajstić information content (AvgIpc) is 2.80. The largest absolute Gasteiger partial charge is 0.350 e. The zero-order chi connectivity index (χ0) is 11.5. The van der Waals surface area contributed by atoms with Crippen molar-refractivity contribution in [3.63, 3.8) is 0 Å². The summed E-state index contributed by atoms with van der Waals surface area (Å²) in [6.07, 6.45) is 4.94. The molecule has 3 rings (SSSR count). The van der Waals surface area contributed by atoms with E-state index >= 15 is 0 Å². The van der Waals surface area contributed by atoms with Crippen LogP contribution in [0.25, 0.3) is 11.2 Å². The lowest BCUT2D eigenvalue weighted by molar-refractivity contribution is 1.02. The summed E-state index contributed by atoms with van der Waals surface area (Å²) in [6.45, 7) is 0.619. The maximum absolute atomic E-state index is 4.28. The second kappa shape index (κ2) is 4.17. The highest BCUT2D eigenvalue weighted by Gasteiger charge is 2.02. The first-order valence-corrected chi connectivity index (χ1v) is 5.21. The molecule has 6 heteroatoms. The first-order chi connectivity index (χ1) is 8.42. The summed E-state index contributed by atoms with van der Waals surface area (Å²) in [6, 6.07) is 5.80. The maximum atomic E-state index is 4.28. The van der Waals surface area contributed by atoms with E-state index in [4.69, 9.17) is 0 Å². The summed E-state index contributed by atoms with van der Waals surface area (Å²) in [5, 5.41) is 3.15. The molecule has 6 nitrogen and oxygen atoms in total. The van der Waals surface area contributed by atoms with Crippen molar-refractivity contribution < 1.29 is 0 Å². The predicted molar refractivity (Wildman–Crippen MR) is 63.2 cm³/mol. The zero-order valence-electron chi connectivity index (χ0n) is 8.96. The van der Waals surface area contributed by atoms with Crippen LogP contribution in [-0.4, -0.2) is 24.9 Å². The van der Waals surface area contributed by atoms with Crippen molar-refractivity contribution in [1.29, 1.82) is 0 Å². The van der Waals surface area contributed by atoms with Crippen molar-refractivity contribution in [1.82, 2.24) is 24.9 Å². The Morgan fingerprint density at radius 2 is 2.24 bits per heavy atom. The van der Waals surface area contributed by atoms with Gasteiger partial charge in [0.05, 0.1) is 18.4 Å². The molecule has 3 aromatic rings. The molecule has 0 atom stereocenters. The molecule has 0 saturated carbocycles. The van der Waals surface area contributed by atoms with Gasteiger partial charge in [-0.05, 0) is 12.1 Å². The number of nitrogens with zero attached hydrogens (tertiary/aromatic N) is 4. The molecule has 0 spiro atoms. The second-order valence-electron chi connectivity index (χ2n) is 3.52. The zero-order valence-corrected chi connectivity index (χ0v) is 8.96. The Morgan fingerprint density at radius 1 is 1.24 bits per heavy atom. The molecule has 3 aromatic heterocycles. The Hall–Kier alpha value is -2.50. The lowest BCUT2D eigenvalue weighted by Gasteiger charge is -2.00. The van der Waals surface area contributed by atoms with Crippen molar-refractivity contribution in [3.8, 4) is 0 Å². The van der Waals surface area contributed by atoms with Crippen molar-refractivity contribution in [2.24, 2.45) is 0 Å². The van der Waals surface area contributed by atoms with Gasteiger partial charge in [-0.25, -0.2) is 9.97 Å². The number of rotatable bonds is 3. The standard InChI is InChI=1S/C11H10N6/c1-2-4-13-8(3-1)5-14-11-16-9-6-12-7-15-10(9)17-11/h1-4,6-7H,5H2,(H2,12,14,15,16,17). The minimum atomic E-state index is 0.619. The fraction of sp³-hybridized carbons (Fsp3) is 0.0909. The van der Waals surface area contributed by atoms with Gasteiger partial charge in [-0.3, -0.25) is 4.98 Å². The highest BCUT2D eigenvalue weighted by Crippen LogP contribution is 2.10. The lowest BCUT2D eigenvalue weighted by atomic mass is 10.3. The van der Waals surface area contributed by atoms with Gasteiger partial charge in [-0.1, -0.05) is 6.07 Å². The minimum Gasteiger partial charge on any atom is -0.350 e. The summed E-state index contributed by atoms with van der Waals surface area (Å²) in [5.74, 6) is 0.672. The van der Waals surface area contributed by atoms with Crippen molar-refractivity contribution in [2.75, 3.05) is 5.32 Å². The molecule has 0 saturated heterocycles. The van der Waals surface area contributed by atoms with E-state index in [1.165, 1.54) is 6.33 Å². The van der Waals surface area contributed by atoms with Gasteiger partial charge in [0.25, 0.3) is 0 Å². The molecule has 0 amide bonds. The number of hydrogen-bond acceptors (Lipinski definition) is 5. The molecule has 84 valence electrons. The number of hydrogen-bond donors (Lipinski definition) is 2. The van der Waals surface area contributed by atoms with Crippen LogP contribution in [0.1, 0.15) is 5.69 Å². The number of anilines is 1. The fourth-order valence-corrected chi connectivity index (χ4v) is 1.52. The molecule has 0 aliphatic carbocycles. The third kappa shape index (κ3) is 2.05. The topological polar surface area (TPSA) is 79.4 Å². The van der Waals surface area contributed by atoms with E-state index in [1.807, 2.05) is 18.2 Å². The first-order valence-electron chi connectivity index (χ1n) is 5.21. The Labute approximate surface area is 97.2 Å². The maximum Gasteiger partial charge on any atom is 0.203 e. The molecule has 0 aliphatic rings. The number of H-pyrrole nitrogens is 1. The molecular weight excluding hydrogens is 216 g/mol. The number of fused-ring (bicyclic) bond motifs is 1. The first kappa shape index (κ1) is 9.71. The van der Waals surface area contributed by atoms with E-state index in [1.54, 1.807) is 12.4 Å². The van der Waals surface area contributed by atoms with Crippen LogP contribution in [0.3, 0.4) is 0 Å². The number of pyridine rings is 1. The van der Waals surface area contributed by atoms with E-state index in [0.29, 0.717) is 18.1 Å². The molecule has 3 heterocycles. The van der Waals surface area contributed by atoms with Crippen molar-refractivity contribution >= 4 is 17.1 Å². The lowest BCUT2D eigenvalue weighted by Crippen LogP contribution is -2.02. The summed E-state index contributed by atoms with van der Waals surface area (Å²) < 4.78 is 0. The average molecular weight is 226 g/mol. The third-order valence-corrected chi connectivity index (χ3v) is 2.33. The van der Waals surface area contributed by atoms with Crippen LogP contribution in [-0.2, 0) is 6.54 Å². The van der Waals surface area contributed by atoms with Gasteiger partial charge in [-0.15, -0.1) is 0 Å². The van der Waals surface area contributed by atoms with Gasteiger partial charge in [-0.2, -0.15) is 4.98 Å². The van der Waals surface area contributed by atoms with E-state index in [2.05, 4.69) is 30.2 Å².